The second kappa shape index (κ2) is 11.4. The number of benzene rings is 2. The highest BCUT2D eigenvalue weighted by atomic mass is 28.3. The molecule has 0 aliphatic carbocycles. The molecule has 1 N–H and O–H groups in total. The molecule has 0 saturated carbocycles. The van der Waals surface area contributed by atoms with Gasteiger partial charge < -0.3 is 23.9 Å². The fraction of sp³-hybridized carbons (Fsp3) is 0.444. The summed E-state index contributed by atoms with van der Waals surface area (Å²) in [4.78, 5) is 15.9. The van der Waals surface area contributed by atoms with Crippen molar-refractivity contribution < 1.29 is 37.3 Å². The number of nitrogens with zero attached hydrogens (tertiary/aromatic N) is 3. The Kier molecular flexibility index (Phi) is 8.79. The lowest BCUT2D eigenvalue weighted by Crippen LogP contribution is -2.49. The van der Waals surface area contributed by atoms with Crippen molar-refractivity contribution in [2.45, 2.75) is 58.0 Å². The van der Waals surface area contributed by atoms with Gasteiger partial charge in [-0.05, 0) is 55.3 Å². The molecule has 0 spiro atoms. The fourth-order valence-corrected chi connectivity index (χ4v) is 5.20. The van der Waals surface area contributed by atoms with Gasteiger partial charge >= 0.3 is 12.1 Å². The quantitative estimate of drug-likeness (QED) is 0.234. The van der Waals surface area contributed by atoms with Crippen molar-refractivity contribution in [2.75, 3.05) is 20.3 Å². The van der Waals surface area contributed by atoms with Crippen LogP contribution in [0.4, 0.5) is 13.2 Å². The van der Waals surface area contributed by atoms with Gasteiger partial charge in [0.15, 0.2) is 5.82 Å². The third-order valence-electron chi connectivity index (χ3n) is 6.24. The molecule has 3 aromatic rings. The maximum atomic E-state index is 15.5. The first kappa shape index (κ1) is 30.1. The number of imidazole rings is 1. The van der Waals surface area contributed by atoms with Gasteiger partial charge in [0, 0.05) is 20.2 Å². The standard InChI is InChI=1S/C27H32F3N3O5Si/c1-17-11-18(2)24(22(12-17)36-3)26(27(28,29)30,38-15-23(34)35)25-32-20-13-19(14-31)7-8-21(20)33(25)16-37-9-10-39(4,5)6/h7-8,11-13H,9-10,15-16H2,1-6H3,(H,34,35). The van der Waals surface area contributed by atoms with Gasteiger partial charge in [0.05, 0.1) is 29.8 Å². The lowest BCUT2D eigenvalue weighted by atomic mass is 9.86. The van der Waals surface area contributed by atoms with Gasteiger partial charge in [-0.15, -0.1) is 0 Å². The summed E-state index contributed by atoms with van der Waals surface area (Å²) in [7, 11) is -0.267. The SMILES string of the molecule is COc1cc(C)cc(C)c1C(OCC(=O)O)(c1nc2cc(C#N)ccc2n1COCC[Si](C)(C)C)C(F)(F)F. The first-order valence-corrected chi connectivity index (χ1v) is 15.9. The van der Waals surface area contributed by atoms with Crippen LogP contribution in [0.2, 0.25) is 25.7 Å². The third-order valence-corrected chi connectivity index (χ3v) is 7.94. The molecule has 0 radical (unpaired) electrons. The summed E-state index contributed by atoms with van der Waals surface area (Å²) in [6.45, 7) is 8.38. The Labute approximate surface area is 225 Å². The van der Waals surface area contributed by atoms with Crippen LogP contribution in [0.1, 0.15) is 28.1 Å². The van der Waals surface area contributed by atoms with Crippen LogP contribution in [-0.4, -0.2) is 55.2 Å². The zero-order chi connectivity index (χ0) is 29.2. The molecule has 2 aromatic carbocycles. The highest BCUT2D eigenvalue weighted by molar-refractivity contribution is 6.76. The van der Waals surface area contributed by atoms with E-state index >= 15 is 13.2 Å². The second-order valence-electron chi connectivity index (χ2n) is 10.5. The highest BCUT2D eigenvalue weighted by Crippen LogP contribution is 2.52. The number of rotatable bonds is 11. The van der Waals surface area contributed by atoms with Crippen LogP contribution >= 0.6 is 0 Å². The summed E-state index contributed by atoms with van der Waals surface area (Å²) < 4.78 is 64.3. The molecule has 12 heteroatoms. The normalized spacial score (nSPS) is 13.7. The Balaban J connectivity index is 2.41. The van der Waals surface area contributed by atoms with Gasteiger partial charge in [-0.3, -0.25) is 0 Å². The summed E-state index contributed by atoms with van der Waals surface area (Å²) >= 11 is 0. The molecule has 0 fully saturated rings. The molecule has 0 saturated heterocycles. The maximum Gasteiger partial charge on any atom is 0.429 e. The third kappa shape index (κ3) is 6.27. The molecular formula is C27H32F3N3O5Si. The number of methoxy groups -OCH3 is 1. The summed E-state index contributed by atoms with van der Waals surface area (Å²) in [5.74, 6) is -2.35. The number of carbonyl (C=O) groups is 1. The average molecular weight is 564 g/mol. The molecule has 1 aromatic heterocycles. The number of aromatic nitrogens is 2. The van der Waals surface area contributed by atoms with E-state index in [1.807, 2.05) is 6.07 Å². The first-order chi connectivity index (χ1) is 18.1. The fourth-order valence-electron chi connectivity index (χ4n) is 4.44. The molecular weight excluding hydrogens is 531 g/mol. The molecule has 3 rings (SSSR count). The molecule has 210 valence electrons. The average Bonchev–Trinajstić information content (AvgIpc) is 3.18. The predicted octanol–water partition coefficient (Wildman–Crippen LogP) is 5.75. The van der Waals surface area contributed by atoms with Gasteiger partial charge in [-0.2, -0.15) is 18.4 Å². The molecule has 0 bridgehead atoms. The van der Waals surface area contributed by atoms with Crippen LogP contribution in [-0.2, 0) is 26.6 Å². The van der Waals surface area contributed by atoms with E-state index in [4.69, 9.17) is 14.2 Å². The smallest absolute Gasteiger partial charge is 0.429 e. The number of carboxylic acid groups (broad SMARTS) is 1. The Morgan fingerprint density at radius 1 is 1.18 bits per heavy atom. The van der Waals surface area contributed by atoms with E-state index in [-0.39, 0.29) is 34.6 Å². The van der Waals surface area contributed by atoms with E-state index in [0.29, 0.717) is 12.2 Å². The van der Waals surface area contributed by atoms with Crippen molar-refractivity contribution in [3.8, 4) is 11.8 Å². The Bertz CT molecular complexity index is 1410. The number of ether oxygens (including phenoxy) is 3. The lowest BCUT2D eigenvalue weighted by Gasteiger charge is -2.37. The van der Waals surface area contributed by atoms with Crippen molar-refractivity contribution in [2.24, 2.45) is 0 Å². The number of fused-ring (bicyclic) bond motifs is 1. The number of hydrogen-bond acceptors (Lipinski definition) is 6. The Hall–Kier alpha value is -3.40. The molecule has 1 heterocycles. The van der Waals surface area contributed by atoms with E-state index in [1.165, 1.54) is 48.9 Å². The zero-order valence-electron chi connectivity index (χ0n) is 22.8. The Morgan fingerprint density at radius 2 is 1.87 bits per heavy atom. The number of hydrogen-bond donors (Lipinski definition) is 1. The maximum absolute atomic E-state index is 15.5. The molecule has 0 aliphatic heterocycles. The molecule has 39 heavy (non-hydrogen) atoms. The molecule has 0 amide bonds. The van der Waals surface area contributed by atoms with Crippen molar-refractivity contribution in [1.29, 1.82) is 5.26 Å². The number of aryl methyl sites for hydroxylation is 2. The summed E-state index contributed by atoms with van der Waals surface area (Å²) in [5.41, 5.74) is -2.37. The van der Waals surface area contributed by atoms with Crippen molar-refractivity contribution in [1.82, 2.24) is 9.55 Å². The number of halogens is 3. The number of carboxylic acids is 1. The van der Waals surface area contributed by atoms with E-state index < -0.39 is 43.8 Å². The van der Waals surface area contributed by atoms with E-state index in [0.717, 1.165) is 6.04 Å². The minimum atomic E-state index is -5.19. The topological polar surface area (TPSA) is 107 Å². The van der Waals surface area contributed by atoms with Crippen molar-refractivity contribution in [3.05, 3.63) is 58.4 Å². The molecule has 1 atom stereocenters. The van der Waals surface area contributed by atoms with Crippen LogP contribution in [0.3, 0.4) is 0 Å². The van der Waals surface area contributed by atoms with Crippen LogP contribution in [0, 0.1) is 25.2 Å². The van der Waals surface area contributed by atoms with Gasteiger partial charge in [-0.1, -0.05) is 25.7 Å². The van der Waals surface area contributed by atoms with Crippen molar-refractivity contribution >= 4 is 25.1 Å². The minimum Gasteiger partial charge on any atom is -0.496 e. The molecule has 1 unspecified atom stereocenters. The van der Waals surface area contributed by atoms with Crippen LogP contribution < -0.4 is 4.74 Å². The number of aliphatic carboxylic acids is 1. The van der Waals surface area contributed by atoms with Crippen LogP contribution in [0.25, 0.3) is 11.0 Å². The predicted molar refractivity (Wildman–Crippen MR) is 141 cm³/mol. The van der Waals surface area contributed by atoms with Gasteiger partial charge in [0.2, 0.25) is 0 Å². The number of nitriles is 1. The minimum absolute atomic E-state index is 0.106. The molecule has 8 nitrogen and oxygen atoms in total. The van der Waals surface area contributed by atoms with Crippen LogP contribution in [0.15, 0.2) is 30.3 Å². The van der Waals surface area contributed by atoms with Gasteiger partial charge in [0.1, 0.15) is 19.1 Å². The highest BCUT2D eigenvalue weighted by Gasteiger charge is 2.64. The van der Waals surface area contributed by atoms with Crippen molar-refractivity contribution in [3.63, 3.8) is 0 Å². The second-order valence-corrected chi connectivity index (χ2v) is 16.2. The van der Waals surface area contributed by atoms with Gasteiger partial charge in [0.25, 0.3) is 5.60 Å². The van der Waals surface area contributed by atoms with E-state index in [1.54, 1.807) is 6.92 Å². The summed E-state index contributed by atoms with van der Waals surface area (Å²) in [5, 5.41) is 18.8. The number of alkyl halides is 3. The Morgan fingerprint density at radius 3 is 2.44 bits per heavy atom. The lowest BCUT2D eigenvalue weighted by molar-refractivity contribution is -0.271. The monoisotopic (exact) mass is 563 g/mol. The van der Waals surface area contributed by atoms with Crippen LogP contribution in [0.5, 0.6) is 5.75 Å². The zero-order valence-corrected chi connectivity index (χ0v) is 23.8. The van der Waals surface area contributed by atoms with E-state index in [2.05, 4.69) is 24.6 Å². The largest absolute Gasteiger partial charge is 0.496 e. The first-order valence-electron chi connectivity index (χ1n) is 12.2. The molecule has 0 aliphatic rings. The van der Waals surface area contributed by atoms with Gasteiger partial charge in [-0.25, -0.2) is 9.78 Å². The summed E-state index contributed by atoms with van der Waals surface area (Å²) in [6, 6.07) is 10.0. The van der Waals surface area contributed by atoms with E-state index in [9.17, 15) is 15.2 Å². The summed E-state index contributed by atoms with van der Waals surface area (Å²) in [6.07, 6.45) is -5.19.